The van der Waals surface area contributed by atoms with Crippen LogP contribution in [-0.4, -0.2) is 42.8 Å². The summed E-state index contributed by atoms with van der Waals surface area (Å²) in [7, 11) is 0. The second-order valence-corrected chi connectivity index (χ2v) is 6.95. The third-order valence-corrected chi connectivity index (χ3v) is 4.54. The van der Waals surface area contributed by atoms with Gasteiger partial charge in [0.15, 0.2) is 0 Å². The normalized spacial score (nSPS) is 30.9. The summed E-state index contributed by atoms with van der Waals surface area (Å²) in [5.74, 6) is 0. The van der Waals surface area contributed by atoms with E-state index in [9.17, 15) is 0 Å². The van der Waals surface area contributed by atoms with E-state index in [0.29, 0.717) is 17.0 Å². The highest BCUT2D eigenvalue weighted by Crippen LogP contribution is 2.35. The molecule has 0 aromatic heterocycles. The second kappa shape index (κ2) is 7.05. The first-order chi connectivity index (χ1) is 8.91. The number of ether oxygens (including phenoxy) is 1. The number of hydrogen-bond donors (Lipinski definition) is 1. The molecule has 0 spiro atoms. The number of rotatable bonds is 1. The zero-order valence-electron chi connectivity index (χ0n) is 13.7. The molecule has 0 radical (unpaired) electrons. The minimum Gasteiger partial charge on any atom is -0.381 e. The molecule has 0 bridgehead atoms. The molecule has 2 fully saturated rings. The van der Waals surface area contributed by atoms with Crippen molar-refractivity contribution in [2.45, 2.75) is 71.9 Å². The van der Waals surface area contributed by atoms with Crippen LogP contribution in [0.15, 0.2) is 0 Å². The Bertz CT molecular complexity index is 259. The largest absolute Gasteiger partial charge is 0.381 e. The first-order valence-corrected chi connectivity index (χ1v) is 8.00. The number of nitrogens with two attached hydrogens (primary N) is 1. The quantitative estimate of drug-likeness (QED) is 0.796. The summed E-state index contributed by atoms with van der Waals surface area (Å²) >= 11 is 0. The van der Waals surface area contributed by atoms with Gasteiger partial charge in [-0.3, -0.25) is 4.90 Å². The Labute approximate surface area is 119 Å². The molecule has 1 atom stereocenters. The van der Waals surface area contributed by atoms with E-state index < -0.39 is 0 Å². The van der Waals surface area contributed by atoms with Crippen molar-refractivity contribution in [1.82, 2.24) is 4.90 Å². The highest BCUT2D eigenvalue weighted by atomic mass is 16.5. The molecule has 2 saturated heterocycles. The van der Waals surface area contributed by atoms with Crippen molar-refractivity contribution in [3.8, 4) is 0 Å². The Kier molecular flexibility index (Phi) is 6.28. The van der Waals surface area contributed by atoms with E-state index in [-0.39, 0.29) is 0 Å². The Balaban J connectivity index is 0.000000861. The molecule has 19 heavy (non-hydrogen) atoms. The van der Waals surface area contributed by atoms with E-state index >= 15 is 0 Å². The van der Waals surface area contributed by atoms with Crippen molar-refractivity contribution in [3.63, 3.8) is 0 Å². The van der Waals surface area contributed by atoms with Crippen molar-refractivity contribution in [3.05, 3.63) is 0 Å². The van der Waals surface area contributed by atoms with E-state index in [0.717, 1.165) is 45.4 Å². The Morgan fingerprint density at radius 1 is 1.11 bits per heavy atom. The van der Waals surface area contributed by atoms with E-state index in [1.54, 1.807) is 0 Å². The van der Waals surface area contributed by atoms with Crippen molar-refractivity contribution < 1.29 is 4.74 Å². The van der Waals surface area contributed by atoms with Gasteiger partial charge in [-0.25, -0.2) is 0 Å². The summed E-state index contributed by atoms with van der Waals surface area (Å²) < 4.78 is 5.51. The molecule has 2 rings (SSSR count). The Morgan fingerprint density at radius 2 is 1.68 bits per heavy atom. The fourth-order valence-corrected chi connectivity index (χ4v) is 3.38. The van der Waals surface area contributed by atoms with Gasteiger partial charge in [0.25, 0.3) is 0 Å². The fraction of sp³-hybridized carbons (Fsp3) is 1.00. The van der Waals surface area contributed by atoms with Gasteiger partial charge in [-0.1, -0.05) is 27.7 Å². The van der Waals surface area contributed by atoms with Gasteiger partial charge in [-0.2, -0.15) is 0 Å². The minimum absolute atomic E-state index is 0.333. The predicted molar refractivity (Wildman–Crippen MR) is 82.4 cm³/mol. The molecule has 2 aliphatic heterocycles. The summed E-state index contributed by atoms with van der Waals surface area (Å²) in [6.07, 6.45) is 4.62. The van der Waals surface area contributed by atoms with E-state index in [2.05, 4.69) is 25.7 Å². The van der Waals surface area contributed by atoms with Crippen LogP contribution in [0.3, 0.4) is 0 Å². The maximum Gasteiger partial charge on any atom is 0.0483 e. The monoisotopic (exact) mass is 270 g/mol. The van der Waals surface area contributed by atoms with Crippen molar-refractivity contribution >= 4 is 0 Å². The molecule has 2 aliphatic rings. The van der Waals surface area contributed by atoms with Gasteiger partial charge in [0, 0.05) is 37.9 Å². The van der Waals surface area contributed by atoms with Crippen LogP contribution in [0.5, 0.6) is 0 Å². The molecular formula is C16H34N2O. The van der Waals surface area contributed by atoms with E-state index in [1.165, 1.54) is 6.54 Å². The zero-order chi connectivity index (χ0) is 14.5. The summed E-state index contributed by atoms with van der Waals surface area (Å²) in [5.41, 5.74) is 6.87. The molecular weight excluding hydrogens is 236 g/mol. The molecule has 114 valence electrons. The maximum absolute atomic E-state index is 6.19. The van der Waals surface area contributed by atoms with Gasteiger partial charge in [0.2, 0.25) is 0 Å². The molecule has 0 amide bonds. The zero-order valence-corrected chi connectivity index (χ0v) is 13.7. The fourth-order valence-electron chi connectivity index (χ4n) is 3.38. The smallest absolute Gasteiger partial charge is 0.0483 e. The van der Waals surface area contributed by atoms with Gasteiger partial charge in [-0.05, 0) is 38.0 Å². The SMILES string of the molecule is CC.CC1(C)CC(N)CCN(C2(C)CCOCC2)C1. The van der Waals surface area contributed by atoms with Crippen LogP contribution in [0.2, 0.25) is 0 Å². The Hall–Kier alpha value is -0.120. The molecule has 0 aromatic carbocycles. The molecule has 3 heteroatoms. The molecule has 2 heterocycles. The lowest BCUT2D eigenvalue weighted by Crippen LogP contribution is -2.52. The average Bonchev–Trinajstić information content (AvgIpc) is 2.50. The number of hydrogen-bond acceptors (Lipinski definition) is 3. The average molecular weight is 270 g/mol. The van der Waals surface area contributed by atoms with Crippen LogP contribution < -0.4 is 5.73 Å². The topological polar surface area (TPSA) is 38.5 Å². The van der Waals surface area contributed by atoms with Gasteiger partial charge in [0.05, 0.1) is 0 Å². The first kappa shape index (κ1) is 16.9. The van der Waals surface area contributed by atoms with Crippen molar-refractivity contribution in [1.29, 1.82) is 0 Å². The highest BCUT2D eigenvalue weighted by molar-refractivity contribution is 4.94. The molecule has 2 N–H and O–H groups in total. The second-order valence-electron chi connectivity index (χ2n) is 6.95. The molecule has 0 aromatic rings. The third-order valence-electron chi connectivity index (χ3n) is 4.54. The molecule has 0 saturated carbocycles. The number of nitrogens with zero attached hydrogens (tertiary/aromatic N) is 1. The molecule has 3 nitrogen and oxygen atoms in total. The van der Waals surface area contributed by atoms with Crippen LogP contribution >= 0.6 is 0 Å². The summed E-state index contributed by atoms with van der Waals surface area (Å²) in [4.78, 5) is 2.68. The lowest BCUT2D eigenvalue weighted by molar-refractivity contribution is -0.0287. The Morgan fingerprint density at radius 3 is 2.26 bits per heavy atom. The summed E-state index contributed by atoms with van der Waals surface area (Å²) in [6.45, 7) is 15.3. The van der Waals surface area contributed by atoms with Gasteiger partial charge in [-0.15, -0.1) is 0 Å². The molecule has 0 aliphatic carbocycles. The van der Waals surface area contributed by atoms with E-state index in [1.807, 2.05) is 13.8 Å². The van der Waals surface area contributed by atoms with Crippen LogP contribution in [0.4, 0.5) is 0 Å². The number of likely N-dealkylation sites (tertiary alicyclic amines) is 1. The van der Waals surface area contributed by atoms with Gasteiger partial charge in [0.1, 0.15) is 0 Å². The van der Waals surface area contributed by atoms with Gasteiger partial charge < -0.3 is 10.5 Å². The molecule has 1 unspecified atom stereocenters. The third kappa shape index (κ3) is 4.73. The van der Waals surface area contributed by atoms with Crippen LogP contribution in [-0.2, 0) is 4.74 Å². The maximum atomic E-state index is 6.19. The standard InChI is InChI=1S/C14H28N2O.C2H6/c1-13(2)10-12(15)4-7-16(11-13)14(3)5-8-17-9-6-14;1-2/h12H,4-11,15H2,1-3H3;1-2H3. The van der Waals surface area contributed by atoms with Gasteiger partial charge >= 0.3 is 0 Å². The van der Waals surface area contributed by atoms with Crippen LogP contribution in [0.1, 0.15) is 60.3 Å². The van der Waals surface area contributed by atoms with Crippen LogP contribution in [0.25, 0.3) is 0 Å². The van der Waals surface area contributed by atoms with Crippen LogP contribution in [0, 0.1) is 5.41 Å². The highest BCUT2D eigenvalue weighted by Gasteiger charge is 2.38. The predicted octanol–water partition coefficient (Wildman–Crippen LogP) is 3.03. The summed E-state index contributed by atoms with van der Waals surface area (Å²) in [5, 5.41) is 0. The first-order valence-electron chi connectivity index (χ1n) is 8.00. The minimum atomic E-state index is 0.333. The lowest BCUT2D eigenvalue weighted by Gasteiger charge is -2.45. The summed E-state index contributed by atoms with van der Waals surface area (Å²) in [6, 6.07) is 0.374. The van der Waals surface area contributed by atoms with E-state index in [4.69, 9.17) is 10.5 Å². The van der Waals surface area contributed by atoms with Crippen molar-refractivity contribution in [2.75, 3.05) is 26.3 Å². The van der Waals surface area contributed by atoms with Crippen molar-refractivity contribution in [2.24, 2.45) is 11.1 Å². The lowest BCUT2D eigenvalue weighted by atomic mass is 9.84.